The molecule has 0 atom stereocenters. The number of carbonyl (C=O) groups excluding carboxylic acids is 1. The Morgan fingerprint density at radius 1 is 1.21 bits per heavy atom. The van der Waals surface area contributed by atoms with Gasteiger partial charge in [0.15, 0.2) is 5.16 Å². The van der Waals surface area contributed by atoms with Crippen LogP contribution in [0.2, 0.25) is 0 Å². The highest BCUT2D eigenvalue weighted by Crippen LogP contribution is 2.26. The molecule has 1 aliphatic heterocycles. The van der Waals surface area contributed by atoms with Gasteiger partial charge < -0.3 is 14.2 Å². The van der Waals surface area contributed by atoms with E-state index in [4.69, 9.17) is 4.74 Å². The Bertz CT molecular complexity index is 938. The highest BCUT2D eigenvalue weighted by Gasteiger charge is 2.20. The lowest BCUT2D eigenvalue weighted by Gasteiger charge is -2.22. The van der Waals surface area contributed by atoms with Gasteiger partial charge in [-0.2, -0.15) is 0 Å². The van der Waals surface area contributed by atoms with Crippen molar-refractivity contribution in [1.82, 2.24) is 14.8 Å². The Kier molecular flexibility index (Phi) is 6.51. The van der Waals surface area contributed by atoms with Crippen molar-refractivity contribution in [1.29, 1.82) is 0 Å². The SMILES string of the molecule is COc1ccc(N(Cc2cccs2)C(=O)CSc2nnc3n2CCCCC3)cc1. The van der Waals surface area contributed by atoms with Crippen LogP contribution < -0.4 is 9.64 Å². The molecule has 6 nitrogen and oxygen atoms in total. The molecule has 0 N–H and O–H groups in total. The van der Waals surface area contributed by atoms with Crippen molar-refractivity contribution in [3.05, 3.63) is 52.5 Å². The zero-order valence-corrected chi connectivity index (χ0v) is 18.0. The zero-order valence-electron chi connectivity index (χ0n) is 16.4. The zero-order chi connectivity index (χ0) is 20.1. The lowest BCUT2D eigenvalue weighted by molar-refractivity contribution is -0.116. The third kappa shape index (κ3) is 4.82. The number of anilines is 1. The second-order valence-electron chi connectivity index (χ2n) is 6.91. The average Bonchev–Trinajstić information content (AvgIpc) is 3.34. The lowest BCUT2D eigenvalue weighted by atomic mass is 10.2. The van der Waals surface area contributed by atoms with Gasteiger partial charge in [-0.15, -0.1) is 21.5 Å². The molecule has 0 saturated carbocycles. The van der Waals surface area contributed by atoms with Crippen LogP contribution in [-0.4, -0.2) is 33.5 Å². The van der Waals surface area contributed by atoms with Gasteiger partial charge in [-0.05, 0) is 48.6 Å². The van der Waals surface area contributed by atoms with E-state index >= 15 is 0 Å². The van der Waals surface area contributed by atoms with Gasteiger partial charge >= 0.3 is 0 Å². The molecule has 0 aliphatic carbocycles. The highest BCUT2D eigenvalue weighted by molar-refractivity contribution is 7.99. The summed E-state index contributed by atoms with van der Waals surface area (Å²) in [5.41, 5.74) is 0.866. The number of rotatable bonds is 7. The normalized spacial score (nSPS) is 13.6. The number of benzene rings is 1. The molecule has 8 heteroatoms. The van der Waals surface area contributed by atoms with Gasteiger partial charge in [-0.25, -0.2) is 0 Å². The molecule has 3 heterocycles. The van der Waals surface area contributed by atoms with Crippen LogP contribution in [0, 0.1) is 0 Å². The number of ether oxygens (including phenoxy) is 1. The summed E-state index contributed by atoms with van der Waals surface area (Å²) in [5, 5.41) is 11.5. The standard InChI is InChI=1S/C21H24N4O2S2/c1-27-17-10-8-16(9-11-17)25(14-18-6-5-13-28-18)20(26)15-29-21-23-22-19-7-3-2-4-12-24(19)21/h5-6,8-11,13H,2-4,7,12,14-15H2,1H3. The summed E-state index contributed by atoms with van der Waals surface area (Å²) >= 11 is 3.14. The Hall–Kier alpha value is -2.32. The van der Waals surface area contributed by atoms with Crippen LogP contribution in [0.15, 0.2) is 46.9 Å². The van der Waals surface area contributed by atoms with Gasteiger partial charge in [-0.3, -0.25) is 4.79 Å². The monoisotopic (exact) mass is 428 g/mol. The van der Waals surface area contributed by atoms with Crippen molar-refractivity contribution in [2.45, 2.75) is 43.9 Å². The van der Waals surface area contributed by atoms with E-state index in [9.17, 15) is 4.79 Å². The summed E-state index contributed by atoms with van der Waals surface area (Å²) in [6, 6.07) is 11.7. The molecule has 29 heavy (non-hydrogen) atoms. The molecular weight excluding hydrogens is 404 g/mol. The molecule has 0 fully saturated rings. The molecule has 2 aromatic heterocycles. The molecule has 0 spiro atoms. The summed E-state index contributed by atoms with van der Waals surface area (Å²) in [6.45, 7) is 1.50. The number of methoxy groups -OCH3 is 1. The van der Waals surface area contributed by atoms with Gasteiger partial charge in [0.25, 0.3) is 0 Å². The number of fused-ring (bicyclic) bond motifs is 1. The molecule has 1 aromatic carbocycles. The number of nitrogens with zero attached hydrogens (tertiary/aromatic N) is 4. The highest BCUT2D eigenvalue weighted by atomic mass is 32.2. The molecule has 4 rings (SSSR count). The van der Waals surface area contributed by atoms with E-state index in [1.165, 1.54) is 18.2 Å². The van der Waals surface area contributed by atoms with Crippen molar-refractivity contribution in [3.8, 4) is 5.75 Å². The molecule has 3 aromatic rings. The molecule has 152 valence electrons. The first-order chi connectivity index (χ1) is 14.2. The molecular formula is C21H24N4O2S2. The van der Waals surface area contributed by atoms with E-state index in [1.807, 2.05) is 40.6 Å². The van der Waals surface area contributed by atoms with E-state index in [1.54, 1.807) is 18.4 Å². The fourth-order valence-electron chi connectivity index (χ4n) is 3.41. The fourth-order valence-corrected chi connectivity index (χ4v) is 4.97. The number of aromatic nitrogens is 3. The lowest BCUT2D eigenvalue weighted by Crippen LogP contribution is -2.31. The molecule has 1 aliphatic rings. The molecule has 0 bridgehead atoms. The quantitative estimate of drug-likeness (QED) is 0.522. The minimum Gasteiger partial charge on any atom is -0.497 e. The summed E-state index contributed by atoms with van der Waals surface area (Å²) in [6.07, 6.45) is 4.49. The number of aryl methyl sites for hydroxylation is 1. The Balaban J connectivity index is 1.49. The summed E-state index contributed by atoms with van der Waals surface area (Å²) in [4.78, 5) is 16.2. The Morgan fingerprint density at radius 2 is 2.07 bits per heavy atom. The van der Waals surface area contributed by atoms with Gasteiger partial charge in [0.05, 0.1) is 19.4 Å². The molecule has 1 amide bonds. The van der Waals surface area contributed by atoms with Crippen molar-refractivity contribution in [3.63, 3.8) is 0 Å². The van der Waals surface area contributed by atoms with E-state index < -0.39 is 0 Å². The van der Waals surface area contributed by atoms with Crippen molar-refractivity contribution < 1.29 is 9.53 Å². The Morgan fingerprint density at radius 3 is 2.83 bits per heavy atom. The number of amides is 1. The number of hydrogen-bond donors (Lipinski definition) is 0. The summed E-state index contributed by atoms with van der Waals surface area (Å²) in [5.74, 6) is 2.20. The number of thioether (sulfide) groups is 1. The number of thiophene rings is 1. The smallest absolute Gasteiger partial charge is 0.237 e. The topological polar surface area (TPSA) is 60.2 Å². The predicted molar refractivity (Wildman–Crippen MR) is 117 cm³/mol. The summed E-state index contributed by atoms with van der Waals surface area (Å²) < 4.78 is 7.43. The largest absolute Gasteiger partial charge is 0.497 e. The minimum atomic E-state index is 0.0551. The number of carbonyl (C=O) groups is 1. The molecule has 0 radical (unpaired) electrons. The first-order valence-electron chi connectivity index (χ1n) is 9.76. The first-order valence-corrected chi connectivity index (χ1v) is 11.6. The Labute approximate surface area is 178 Å². The fraction of sp³-hybridized carbons (Fsp3) is 0.381. The molecule has 0 unspecified atom stereocenters. The van der Waals surface area contributed by atoms with E-state index in [-0.39, 0.29) is 5.91 Å². The van der Waals surface area contributed by atoms with Crippen molar-refractivity contribution >= 4 is 34.7 Å². The van der Waals surface area contributed by atoms with Crippen molar-refractivity contribution in [2.75, 3.05) is 17.8 Å². The van der Waals surface area contributed by atoms with Crippen LogP contribution in [0.5, 0.6) is 5.75 Å². The third-order valence-electron chi connectivity index (χ3n) is 4.98. The third-order valence-corrected chi connectivity index (χ3v) is 6.79. The maximum atomic E-state index is 13.2. The van der Waals surface area contributed by atoms with Crippen LogP contribution in [0.3, 0.4) is 0 Å². The predicted octanol–water partition coefficient (Wildman–Crippen LogP) is 4.40. The maximum Gasteiger partial charge on any atom is 0.237 e. The molecule has 0 saturated heterocycles. The van der Waals surface area contributed by atoms with E-state index in [2.05, 4.69) is 20.8 Å². The van der Waals surface area contributed by atoms with E-state index in [0.29, 0.717) is 12.3 Å². The van der Waals surface area contributed by atoms with Gasteiger partial charge in [-0.1, -0.05) is 24.2 Å². The van der Waals surface area contributed by atoms with E-state index in [0.717, 1.165) is 53.1 Å². The van der Waals surface area contributed by atoms with Crippen LogP contribution in [0.1, 0.15) is 30.0 Å². The first kappa shape index (κ1) is 20.0. The average molecular weight is 429 g/mol. The number of hydrogen-bond acceptors (Lipinski definition) is 6. The van der Waals surface area contributed by atoms with Crippen LogP contribution in [0.25, 0.3) is 0 Å². The van der Waals surface area contributed by atoms with Crippen LogP contribution in [0.4, 0.5) is 5.69 Å². The van der Waals surface area contributed by atoms with Crippen LogP contribution >= 0.6 is 23.1 Å². The maximum absolute atomic E-state index is 13.2. The van der Waals surface area contributed by atoms with Gasteiger partial charge in [0, 0.05) is 23.5 Å². The van der Waals surface area contributed by atoms with Gasteiger partial charge in [0.2, 0.25) is 5.91 Å². The van der Waals surface area contributed by atoms with Crippen LogP contribution in [-0.2, 0) is 24.3 Å². The second-order valence-corrected chi connectivity index (χ2v) is 8.88. The second kappa shape index (κ2) is 9.45. The van der Waals surface area contributed by atoms with Gasteiger partial charge in [0.1, 0.15) is 11.6 Å². The van der Waals surface area contributed by atoms with Crippen molar-refractivity contribution in [2.24, 2.45) is 0 Å². The minimum absolute atomic E-state index is 0.0551. The summed E-state index contributed by atoms with van der Waals surface area (Å²) in [7, 11) is 1.64.